The lowest BCUT2D eigenvalue weighted by Crippen LogP contribution is -2.50. The molecule has 1 unspecified atom stereocenters. The summed E-state index contributed by atoms with van der Waals surface area (Å²) in [5.74, 6) is -0.546. The number of benzene rings is 1. The first-order chi connectivity index (χ1) is 9.84. The highest BCUT2D eigenvalue weighted by Crippen LogP contribution is 2.35. The third kappa shape index (κ3) is 3.56. The molecule has 0 bridgehead atoms. The molecule has 1 amide bonds. The van der Waals surface area contributed by atoms with Crippen LogP contribution in [0.15, 0.2) is 22.7 Å². The number of alkyl halides is 3. The van der Waals surface area contributed by atoms with Crippen molar-refractivity contribution >= 4 is 21.8 Å². The smallest absolute Gasteiger partial charge is 0.394 e. The zero-order valence-electron chi connectivity index (χ0n) is 10.9. The lowest BCUT2D eigenvalue weighted by atomic mass is 10.1. The Morgan fingerprint density at radius 2 is 2.19 bits per heavy atom. The number of aliphatic hydroxyl groups is 1. The SMILES string of the molecule is O=C(c1ccc(Br)c(C(F)(F)F)c1)N1CCOCC1CO. The normalized spacial score (nSPS) is 19.7. The molecule has 1 fully saturated rings. The molecule has 0 saturated carbocycles. The predicted octanol–water partition coefficient (Wildman–Crippen LogP) is 2.30. The van der Waals surface area contributed by atoms with E-state index in [4.69, 9.17) is 4.74 Å². The van der Waals surface area contributed by atoms with Gasteiger partial charge in [0, 0.05) is 16.6 Å². The maximum Gasteiger partial charge on any atom is 0.417 e. The fourth-order valence-corrected chi connectivity index (χ4v) is 2.59. The number of rotatable bonds is 2. The van der Waals surface area contributed by atoms with E-state index in [1.807, 2.05) is 0 Å². The maximum absolute atomic E-state index is 12.9. The van der Waals surface area contributed by atoms with E-state index in [0.29, 0.717) is 6.61 Å². The first-order valence-corrected chi connectivity index (χ1v) is 7.00. The third-order valence-electron chi connectivity index (χ3n) is 3.22. The topological polar surface area (TPSA) is 49.8 Å². The molecule has 1 saturated heterocycles. The van der Waals surface area contributed by atoms with Crippen molar-refractivity contribution in [3.8, 4) is 0 Å². The Bertz CT molecular complexity index is 536. The van der Waals surface area contributed by atoms with Crippen molar-refractivity contribution in [1.82, 2.24) is 4.90 Å². The van der Waals surface area contributed by atoms with Gasteiger partial charge in [-0.25, -0.2) is 0 Å². The van der Waals surface area contributed by atoms with E-state index >= 15 is 0 Å². The van der Waals surface area contributed by atoms with Crippen molar-refractivity contribution in [2.24, 2.45) is 0 Å². The molecule has 1 heterocycles. The summed E-state index contributed by atoms with van der Waals surface area (Å²) in [6.45, 7) is 0.408. The number of morpholine rings is 1. The van der Waals surface area contributed by atoms with Crippen LogP contribution in [-0.4, -0.2) is 48.3 Å². The first-order valence-electron chi connectivity index (χ1n) is 6.21. The molecule has 0 aromatic heterocycles. The Balaban J connectivity index is 2.31. The van der Waals surface area contributed by atoms with Gasteiger partial charge in [-0.3, -0.25) is 4.79 Å². The molecule has 8 heteroatoms. The molecule has 0 spiro atoms. The standard InChI is InChI=1S/C13H13BrF3NO3/c14-11-2-1-8(5-10(11)13(15,16)17)12(20)18-3-4-21-7-9(18)6-19/h1-2,5,9,19H,3-4,6-7H2. The average Bonchev–Trinajstić information content (AvgIpc) is 2.45. The molecule has 2 rings (SSSR count). The molecule has 0 radical (unpaired) electrons. The second kappa shape index (κ2) is 6.33. The summed E-state index contributed by atoms with van der Waals surface area (Å²) in [4.78, 5) is 13.7. The van der Waals surface area contributed by atoms with Crippen LogP contribution in [0.1, 0.15) is 15.9 Å². The second-order valence-electron chi connectivity index (χ2n) is 4.60. The monoisotopic (exact) mass is 367 g/mol. The average molecular weight is 368 g/mol. The van der Waals surface area contributed by atoms with Crippen molar-refractivity contribution < 1.29 is 27.8 Å². The fraction of sp³-hybridized carbons (Fsp3) is 0.462. The molecule has 4 nitrogen and oxygen atoms in total. The predicted molar refractivity (Wildman–Crippen MR) is 71.9 cm³/mol. The minimum Gasteiger partial charge on any atom is -0.394 e. The Hall–Kier alpha value is -1.12. The van der Waals surface area contributed by atoms with E-state index in [1.165, 1.54) is 17.0 Å². The number of halogens is 4. The molecule has 1 atom stereocenters. The van der Waals surface area contributed by atoms with Gasteiger partial charge >= 0.3 is 6.18 Å². The zero-order chi connectivity index (χ0) is 15.6. The number of aliphatic hydroxyl groups excluding tert-OH is 1. The van der Waals surface area contributed by atoms with Crippen molar-refractivity contribution in [2.75, 3.05) is 26.4 Å². The molecule has 1 aromatic rings. The number of carbonyl (C=O) groups excluding carboxylic acids is 1. The molecular weight excluding hydrogens is 355 g/mol. The van der Waals surface area contributed by atoms with Crippen molar-refractivity contribution in [1.29, 1.82) is 0 Å². The molecule has 1 aromatic carbocycles. The number of ether oxygens (including phenoxy) is 1. The third-order valence-corrected chi connectivity index (χ3v) is 3.91. The second-order valence-corrected chi connectivity index (χ2v) is 5.46. The number of nitrogens with zero attached hydrogens (tertiary/aromatic N) is 1. The van der Waals surface area contributed by atoms with Crippen LogP contribution >= 0.6 is 15.9 Å². The summed E-state index contributed by atoms with van der Waals surface area (Å²) in [6.07, 6.45) is -4.55. The lowest BCUT2D eigenvalue weighted by Gasteiger charge is -2.34. The van der Waals surface area contributed by atoms with Crippen LogP contribution < -0.4 is 0 Å². The first kappa shape index (κ1) is 16.3. The Morgan fingerprint density at radius 1 is 1.48 bits per heavy atom. The largest absolute Gasteiger partial charge is 0.417 e. The van der Waals surface area contributed by atoms with Gasteiger partial charge in [0.25, 0.3) is 5.91 Å². The van der Waals surface area contributed by atoms with Gasteiger partial charge in [-0.05, 0) is 18.2 Å². The van der Waals surface area contributed by atoms with Gasteiger partial charge in [-0.2, -0.15) is 13.2 Å². The Morgan fingerprint density at radius 3 is 2.81 bits per heavy atom. The maximum atomic E-state index is 12.9. The molecule has 21 heavy (non-hydrogen) atoms. The van der Waals surface area contributed by atoms with Gasteiger partial charge in [0.1, 0.15) is 0 Å². The fourth-order valence-electron chi connectivity index (χ4n) is 2.11. The molecule has 0 aliphatic carbocycles. The minimum absolute atomic E-state index is 0.0640. The Labute approximate surface area is 127 Å². The summed E-state index contributed by atoms with van der Waals surface area (Å²) in [6, 6.07) is 2.80. The van der Waals surface area contributed by atoms with Crippen molar-refractivity contribution in [3.63, 3.8) is 0 Å². The van der Waals surface area contributed by atoms with Gasteiger partial charge in [0.15, 0.2) is 0 Å². The van der Waals surface area contributed by atoms with Crippen molar-refractivity contribution in [3.05, 3.63) is 33.8 Å². The zero-order valence-corrected chi connectivity index (χ0v) is 12.4. The van der Waals surface area contributed by atoms with Gasteiger partial charge < -0.3 is 14.7 Å². The number of hydrogen-bond donors (Lipinski definition) is 1. The van der Waals surface area contributed by atoms with Crippen LogP contribution in [0.5, 0.6) is 0 Å². The van der Waals surface area contributed by atoms with Crippen LogP contribution in [0, 0.1) is 0 Å². The highest BCUT2D eigenvalue weighted by molar-refractivity contribution is 9.10. The highest BCUT2D eigenvalue weighted by Gasteiger charge is 2.35. The van der Waals surface area contributed by atoms with Gasteiger partial charge in [0.05, 0.1) is 31.4 Å². The van der Waals surface area contributed by atoms with Crippen molar-refractivity contribution in [2.45, 2.75) is 12.2 Å². The molecule has 1 N–H and O–H groups in total. The summed E-state index contributed by atoms with van der Waals surface area (Å²) >= 11 is 2.83. The van der Waals surface area contributed by atoms with E-state index in [-0.39, 0.29) is 29.8 Å². The van der Waals surface area contributed by atoms with Gasteiger partial charge in [-0.1, -0.05) is 15.9 Å². The van der Waals surface area contributed by atoms with E-state index < -0.39 is 23.7 Å². The van der Waals surface area contributed by atoms with Gasteiger partial charge in [0.2, 0.25) is 0 Å². The Kier molecular flexibility index (Phi) is 4.90. The van der Waals surface area contributed by atoms with E-state index in [9.17, 15) is 23.1 Å². The number of carbonyl (C=O) groups is 1. The number of hydrogen-bond acceptors (Lipinski definition) is 3. The molecule has 1 aliphatic rings. The summed E-state index contributed by atoms with van der Waals surface area (Å²) in [7, 11) is 0. The summed E-state index contributed by atoms with van der Waals surface area (Å²) < 4.78 is 43.6. The summed E-state index contributed by atoms with van der Waals surface area (Å²) in [5.41, 5.74) is -0.965. The van der Waals surface area contributed by atoms with Crippen LogP contribution in [0.4, 0.5) is 13.2 Å². The van der Waals surface area contributed by atoms with Crippen LogP contribution in [-0.2, 0) is 10.9 Å². The molecule has 1 aliphatic heterocycles. The molecular formula is C13H13BrF3NO3. The van der Waals surface area contributed by atoms with E-state index in [2.05, 4.69) is 15.9 Å². The van der Waals surface area contributed by atoms with Crippen LogP contribution in [0.25, 0.3) is 0 Å². The summed E-state index contributed by atoms with van der Waals surface area (Å²) in [5, 5.41) is 9.22. The van der Waals surface area contributed by atoms with E-state index in [1.54, 1.807) is 0 Å². The van der Waals surface area contributed by atoms with E-state index in [0.717, 1.165) is 6.07 Å². The van der Waals surface area contributed by atoms with Crippen LogP contribution in [0.2, 0.25) is 0 Å². The number of amides is 1. The highest BCUT2D eigenvalue weighted by atomic mass is 79.9. The minimum atomic E-state index is -4.55. The van der Waals surface area contributed by atoms with Crippen LogP contribution in [0.3, 0.4) is 0 Å². The van der Waals surface area contributed by atoms with Gasteiger partial charge in [-0.15, -0.1) is 0 Å². The molecule has 116 valence electrons. The lowest BCUT2D eigenvalue weighted by molar-refractivity contribution is -0.138. The quantitative estimate of drug-likeness (QED) is 0.872.